The molecule has 3 aromatic heterocycles. The van der Waals surface area contributed by atoms with Gasteiger partial charge in [0.2, 0.25) is 0 Å². The van der Waals surface area contributed by atoms with Crippen LogP contribution in [0.15, 0.2) is 35.5 Å². The van der Waals surface area contributed by atoms with E-state index in [1.807, 2.05) is 12.1 Å². The minimum absolute atomic E-state index is 0.0213. The molecular formula is C18H21N5O5. The highest BCUT2D eigenvalue weighted by Gasteiger charge is 2.47. The van der Waals surface area contributed by atoms with E-state index < -0.39 is 31.1 Å². The summed E-state index contributed by atoms with van der Waals surface area (Å²) in [4.78, 5) is 12.9. The van der Waals surface area contributed by atoms with Gasteiger partial charge in [-0.1, -0.05) is 0 Å². The van der Waals surface area contributed by atoms with Gasteiger partial charge in [-0.3, -0.25) is 4.57 Å². The van der Waals surface area contributed by atoms with E-state index in [0.717, 1.165) is 18.6 Å². The lowest BCUT2D eigenvalue weighted by Crippen LogP contribution is -2.33. The molecule has 0 spiro atoms. The number of ether oxygens (including phenoxy) is 1. The van der Waals surface area contributed by atoms with Crippen molar-refractivity contribution in [2.24, 2.45) is 0 Å². The summed E-state index contributed by atoms with van der Waals surface area (Å²) in [6.45, 7) is 0.269. The Labute approximate surface area is 159 Å². The lowest BCUT2D eigenvalue weighted by molar-refractivity contribution is -0.0511. The van der Waals surface area contributed by atoms with Gasteiger partial charge >= 0.3 is 0 Å². The molecule has 0 radical (unpaired) electrons. The van der Waals surface area contributed by atoms with Crippen LogP contribution in [0.4, 0.5) is 5.82 Å². The van der Waals surface area contributed by atoms with Gasteiger partial charge in [-0.15, -0.1) is 0 Å². The largest absolute Gasteiger partial charge is 0.469 e. The number of rotatable bonds is 6. The fourth-order valence-electron chi connectivity index (χ4n) is 3.77. The Hall–Kier alpha value is -2.53. The monoisotopic (exact) mass is 387 g/mol. The van der Waals surface area contributed by atoms with Crippen LogP contribution in [-0.2, 0) is 10.2 Å². The van der Waals surface area contributed by atoms with E-state index in [1.165, 1.54) is 12.7 Å². The van der Waals surface area contributed by atoms with Crippen LogP contribution >= 0.6 is 0 Å². The molecular weight excluding hydrogens is 366 g/mol. The maximum absolute atomic E-state index is 10.3. The number of anilines is 1. The number of imidazole rings is 1. The van der Waals surface area contributed by atoms with Crippen molar-refractivity contribution in [2.75, 3.05) is 18.5 Å². The average Bonchev–Trinajstić information content (AvgIpc) is 3.06. The van der Waals surface area contributed by atoms with Gasteiger partial charge in [0.05, 0.1) is 19.2 Å². The Morgan fingerprint density at radius 3 is 2.75 bits per heavy atom. The normalized spacial score (nSPS) is 28.7. The summed E-state index contributed by atoms with van der Waals surface area (Å²) in [5, 5.41) is 32.9. The summed E-state index contributed by atoms with van der Waals surface area (Å²) >= 11 is 0. The number of aromatic nitrogens is 4. The first-order valence-corrected chi connectivity index (χ1v) is 9.21. The van der Waals surface area contributed by atoms with E-state index in [9.17, 15) is 15.3 Å². The topological polar surface area (TPSA) is 139 Å². The first kappa shape index (κ1) is 17.6. The number of aliphatic hydroxyl groups is 3. The number of fused-ring (bicyclic) bond motifs is 1. The van der Waals surface area contributed by atoms with Crippen molar-refractivity contribution < 1.29 is 24.5 Å². The van der Waals surface area contributed by atoms with E-state index in [4.69, 9.17) is 9.15 Å². The molecule has 4 heterocycles. The predicted molar refractivity (Wildman–Crippen MR) is 96.4 cm³/mol. The van der Waals surface area contributed by atoms with Crippen molar-refractivity contribution in [1.82, 2.24) is 19.5 Å². The highest BCUT2D eigenvalue weighted by atomic mass is 16.6. The van der Waals surface area contributed by atoms with Gasteiger partial charge in [0.25, 0.3) is 0 Å². The molecule has 3 aromatic rings. The molecule has 0 amide bonds. The minimum atomic E-state index is -1.20. The van der Waals surface area contributed by atoms with Crippen LogP contribution in [0.3, 0.4) is 0 Å². The molecule has 0 bridgehead atoms. The molecule has 1 saturated carbocycles. The van der Waals surface area contributed by atoms with Crippen molar-refractivity contribution in [3.63, 3.8) is 0 Å². The third-order valence-electron chi connectivity index (χ3n) is 5.64. The zero-order chi connectivity index (χ0) is 19.3. The molecule has 10 nitrogen and oxygen atoms in total. The molecule has 28 heavy (non-hydrogen) atoms. The molecule has 2 unspecified atom stereocenters. The van der Waals surface area contributed by atoms with E-state index in [2.05, 4.69) is 20.3 Å². The summed E-state index contributed by atoms with van der Waals surface area (Å²) in [5.41, 5.74) is 0.984. The van der Waals surface area contributed by atoms with Crippen LogP contribution in [-0.4, -0.2) is 66.3 Å². The molecule has 4 atom stereocenters. The third-order valence-corrected chi connectivity index (χ3v) is 5.64. The van der Waals surface area contributed by atoms with Gasteiger partial charge in [-0.2, -0.15) is 0 Å². The summed E-state index contributed by atoms with van der Waals surface area (Å²) in [5.74, 6) is 1.54. The molecule has 4 N–H and O–H groups in total. The third kappa shape index (κ3) is 2.68. The second-order valence-corrected chi connectivity index (χ2v) is 7.39. The lowest BCUT2D eigenvalue weighted by Gasteiger charge is -2.17. The van der Waals surface area contributed by atoms with Gasteiger partial charge in [-0.05, 0) is 25.0 Å². The van der Waals surface area contributed by atoms with Gasteiger partial charge < -0.3 is 29.8 Å². The molecule has 148 valence electrons. The van der Waals surface area contributed by atoms with Crippen molar-refractivity contribution in [1.29, 1.82) is 0 Å². The first-order chi connectivity index (χ1) is 13.6. The smallest absolute Gasteiger partial charge is 0.167 e. The molecule has 1 saturated heterocycles. The number of furan rings is 1. The number of aliphatic hydroxyl groups excluding tert-OH is 3. The maximum atomic E-state index is 10.3. The highest BCUT2D eigenvalue weighted by Crippen LogP contribution is 2.48. The van der Waals surface area contributed by atoms with Gasteiger partial charge in [0.1, 0.15) is 30.4 Å². The van der Waals surface area contributed by atoms with Crippen molar-refractivity contribution in [3.05, 3.63) is 36.8 Å². The second kappa shape index (κ2) is 6.52. The summed E-state index contributed by atoms with van der Waals surface area (Å²) < 4.78 is 12.7. The minimum Gasteiger partial charge on any atom is -0.469 e. The molecule has 1 aliphatic heterocycles. The molecule has 0 aromatic carbocycles. The van der Waals surface area contributed by atoms with Crippen LogP contribution < -0.4 is 5.32 Å². The Morgan fingerprint density at radius 1 is 1.21 bits per heavy atom. The zero-order valence-electron chi connectivity index (χ0n) is 15.0. The van der Waals surface area contributed by atoms with Crippen LogP contribution in [0.1, 0.15) is 24.8 Å². The fraction of sp³-hybridized carbons (Fsp3) is 0.500. The van der Waals surface area contributed by atoms with E-state index >= 15 is 0 Å². The summed E-state index contributed by atoms with van der Waals surface area (Å²) in [6.07, 6.45) is 2.53. The Balaban J connectivity index is 1.40. The first-order valence-electron chi connectivity index (χ1n) is 9.21. The fourth-order valence-corrected chi connectivity index (χ4v) is 3.77. The number of hydrogen-bond acceptors (Lipinski definition) is 9. The number of nitrogens with one attached hydrogen (secondary N) is 1. The van der Waals surface area contributed by atoms with Crippen LogP contribution in [0.25, 0.3) is 11.2 Å². The van der Waals surface area contributed by atoms with Gasteiger partial charge in [0, 0.05) is 12.0 Å². The number of nitrogens with zero attached hydrogens (tertiary/aromatic N) is 4. The maximum Gasteiger partial charge on any atom is 0.167 e. The molecule has 10 heteroatoms. The van der Waals surface area contributed by atoms with Crippen molar-refractivity contribution in [3.8, 4) is 0 Å². The van der Waals surface area contributed by atoms with Crippen LogP contribution in [0.2, 0.25) is 0 Å². The molecule has 1 aliphatic carbocycles. The van der Waals surface area contributed by atoms with E-state index in [-0.39, 0.29) is 5.41 Å². The second-order valence-electron chi connectivity index (χ2n) is 7.39. The lowest BCUT2D eigenvalue weighted by atomic mass is 10.0. The summed E-state index contributed by atoms with van der Waals surface area (Å²) in [7, 11) is 0. The van der Waals surface area contributed by atoms with Crippen molar-refractivity contribution >= 4 is 17.0 Å². The molecule has 2 aliphatic rings. The number of hydrogen-bond donors (Lipinski definition) is 4. The standard InChI is InChI=1S/C18H21N5O5/c24-6-10-13(25)14(26)17(28-10)23-9-22-12-15(20-8-21-16(12)23)19-7-18(3-4-18)11-2-1-5-27-11/h1-2,5,8-10,13-14,17,24-26H,3-4,6-7H2,(H,19,20,21)/t10-,13?,14?,17-/m1/s1. The average molecular weight is 387 g/mol. The molecule has 2 fully saturated rings. The van der Waals surface area contributed by atoms with Crippen molar-refractivity contribution in [2.45, 2.75) is 42.8 Å². The van der Waals surface area contributed by atoms with Crippen LogP contribution in [0, 0.1) is 0 Å². The predicted octanol–water partition coefficient (Wildman–Crippen LogP) is 0.174. The Bertz CT molecular complexity index is 970. The van der Waals surface area contributed by atoms with Gasteiger partial charge in [-0.25, -0.2) is 15.0 Å². The molecule has 5 rings (SSSR count). The Kier molecular flexibility index (Phi) is 4.09. The summed E-state index contributed by atoms with van der Waals surface area (Å²) in [6, 6.07) is 3.88. The quantitative estimate of drug-likeness (QED) is 0.466. The SMILES string of the molecule is OC[C@H]1O[C@@H](n2cnc3c(NCC4(c5ccco5)CC4)ncnc32)C(O)C1O. The Morgan fingerprint density at radius 2 is 2.07 bits per heavy atom. The zero-order valence-corrected chi connectivity index (χ0v) is 15.0. The van der Waals surface area contributed by atoms with E-state index in [1.54, 1.807) is 10.8 Å². The van der Waals surface area contributed by atoms with Gasteiger partial charge in [0.15, 0.2) is 23.2 Å². The van der Waals surface area contributed by atoms with Crippen LogP contribution in [0.5, 0.6) is 0 Å². The highest BCUT2D eigenvalue weighted by molar-refractivity contribution is 5.82. The van der Waals surface area contributed by atoms with E-state index in [0.29, 0.717) is 23.5 Å².